The van der Waals surface area contributed by atoms with Crippen molar-refractivity contribution in [3.63, 3.8) is 0 Å². The minimum atomic E-state index is -0.473. The van der Waals surface area contributed by atoms with E-state index in [1.54, 1.807) is 0 Å². The lowest BCUT2D eigenvalue weighted by Crippen LogP contribution is -2.37. The zero-order valence-electron chi connectivity index (χ0n) is 9.14. The third-order valence-electron chi connectivity index (χ3n) is 2.79. The van der Waals surface area contributed by atoms with Crippen LogP contribution in [0, 0.1) is 6.92 Å². The second kappa shape index (κ2) is 4.29. The van der Waals surface area contributed by atoms with E-state index in [2.05, 4.69) is 0 Å². The van der Waals surface area contributed by atoms with Crippen molar-refractivity contribution < 1.29 is 14.6 Å². The first kappa shape index (κ1) is 11.2. The number of aryl methyl sites for hydroxylation is 1. The van der Waals surface area contributed by atoms with E-state index in [-0.39, 0.29) is 13.4 Å². The monoisotopic (exact) mass is 224 g/mol. The highest BCUT2D eigenvalue weighted by Crippen LogP contribution is 2.36. The Hall–Kier alpha value is -1.30. The number of rotatable bonds is 3. The first-order chi connectivity index (χ1) is 7.63. The largest absolute Gasteiger partial charge is 0.454 e. The third-order valence-corrected chi connectivity index (χ3v) is 2.79. The van der Waals surface area contributed by atoms with Crippen molar-refractivity contribution in [3.8, 4) is 11.5 Å². The molecule has 1 heterocycles. The van der Waals surface area contributed by atoms with Gasteiger partial charge in [0.15, 0.2) is 11.5 Å². The van der Waals surface area contributed by atoms with Crippen LogP contribution in [0.3, 0.4) is 0 Å². The zero-order valence-corrected chi connectivity index (χ0v) is 9.14. The van der Waals surface area contributed by atoms with Gasteiger partial charge in [-0.1, -0.05) is 0 Å². The molecular formula is C11H16N2O3. The van der Waals surface area contributed by atoms with Crippen LogP contribution in [0.15, 0.2) is 12.1 Å². The highest BCUT2D eigenvalue weighted by Gasteiger charge is 2.21. The van der Waals surface area contributed by atoms with Crippen LogP contribution in [0.5, 0.6) is 11.5 Å². The molecule has 0 fully saturated rings. The number of aliphatic hydroxyl groups is 1. The van der Waals surface area contributed by atoms with E-state index in [1.165, 1.54) is 0 Å². The fourth-order valence-electron chi connectivity index (χ4n) is 1.76. The van der Waals surface area contributed by atoms with Crippen LogP contribution in [0.2, 0.25) is 0 Å². The minimum absolute atomic E-state index is 0.144. The molecule has 16 heavy (non-hydrogen) atoms. The number of fused-ring (bicyclic) bond motifs is 1. The molecule has 2 unspecified atom stereocenters. The van der Waals surface area contributed by atoms with Gasteiger partial charge in [0.25, 0.3) is 0 Å². The van der Waals surface area contributed by atoms with Gasteiger partial charge in [0, 0.05) is 12.1 Å². The zero-order chi connectivity index (χ0) is 11.7. The van der Waals surface area contributed by atoms with E-state index in [1.807, 2.05) is 19.1 Å². The summed E-state index contributed by atoms with van der Waals surface area (Å²) in [5.74, 6) is 1.41. The van der Waals surface area contributed by atoms with Crippen LogP contribution in [0.1, 0.15) is 17.2 Å². The minimum Gasteiger partial charge on any atom is -0.454 e. The van der Waals surface area contributed by atoms with Gasteiger partial charge < -0.3 is 26.0 Å². The van der Waals surface area contributed by atoms with Crippen molar-refractivity contribution in [1.29, 1.82) is 0 Å². The van der Waals surface area contributed by atoms with Crippen LogP contribution < -0.4 is 20.9 Å². The van der Waals surface area contributed by atoms with Gasteiger partial charge in [-0.25, -0.2) is 0 Å². The Morgan fingerprint density at radius 1 is 1.31 bits per heavy atom. The topological polar surface area (TPSA) is 90.7 Å². The van der Waals surface area contributed by atoms with Gasteiger partial charge in [0.2, 0.25) is 6.79 Å². The predicted octanol–water partition coefficient (Wildman–Crippen LogP) is 0.0431. The van der Waals surface area contributed by atoms with Crippen molar-refractivity contribution in [3.05, 3.63) is 23.3 Å². The van der Waals surface area contributed by atoms with Gasteiger partial charge in [-0.3, -0.25) is 0 Å². The van der Waals surface area contributed by atoms with Crippen molar-refractivity contribution in [2.24, 2.45) is 11.5 Å². The average molecular weight is 224 g/mol. The summed E-state index contributed by atoms with van der Waals surface area (Å²) in [5.41, 5.74) is 13.5. The SMILES string of the molecule is Cc1cc2c(cc1C(N)C(N)CO)OCO2. The molecule has 0 spiro atoms. The standard InChI is InChI=1S/C11H16N2O3/c1-6-2-9-10(16-5-15-9)3-7(6)11(13)8(12)4-14/h2-3,8,11,14H,4-5,12-13H2,1H3. The Balaban J connectivity index is 2.34. The number of benzene rings is 1. The van der Waals surface area contributed by atoms with Gasteiger partial charge in [-0.05, 0) is 30.2 Å². The Bertz CT molecular complexity index is 395. The van der Waals surface area contributed by atoms with E-state index >= 15 is 0 Å². The normalized spacial score (nSPS) is 17.2. The molecule has 1 aromatic carbocycles. The molecule has 1 aromatic rings. The second-order valence-corrected chi connectivity index (χ2v) is 3.93. The lowest BCUT2D eigenvalue weighted by molar-refractivity contribution is 0.174. The lowest BCUT2D eigenvalue weighted by Gasteiger charge is -2.20. The van der Waals surface area contributed by atoms with E-state index in [4.69, 9.17) is 26.0 Å². The van der Waals surface area contributed by atoms with E-state index in [9.17, 15) is 0 Å². The summed E-state index contributed by atoms with van der Waals surface area (Å²) in [6, 6.07) is 2.83. The van der Waals surface area contributed by atoms with Crippen molar-refractivity contribution in [2.75, 3.05) is 13.4 Å². The summed E-state index contributed by atoms with van der Waals surface area (Å²) in [6.45, 7) is 2.02. The molecule has 5 heteroatoms. The van der Waals surface area contributed by atoms with Gasteiger partial charge in [0.1, 0.15) is 0 Å². The molecule has 2 rings (SSSR count). The highest BCUT2D eigenvalue weighted by molar-refractivity contribution is 5.49. The molecule has 0 aromatic heterocycles. The smallest absolute Gasteiger partial charge is 0.231 e. The number of ether oxygens (including phenoxy) is 2. The Kier molecular flexibility index (Phi) is 3.00. The molecule has 0 aliphatic carbocycles. The first-order valence-corrected chi connectivity index (χ1v) is 5.15. The molecular weight excluding hydrogens is 208 g/mol. The molecule has 88 valence electrons. The van der Waals surface area contributed by atoms with Gasteiger partial charge in [0.05, 0.1) is 6.61 Å². The summed E-state index contributed by atoms with van der Waals surface area (Å²) < 4.78 is 10.5. The summed E-state index contributed by atoms with van der Waals surface area (Å²) in [4.78, 5) is 0. The number of hydrogen-bond acceptors (Lipinski definition) is 5. The quantitative estimate of drug-likeness (QED) is 0.674. The van der Waals surface area contributed by atoms with Gasteiger partial charge in [-0.2, -0.15) is 0 Å². The first-order valence-electron chi connectivity index (χ1n) is 5.15. The maximum atomic E-state index is 8.99. The number of hydrogen-bond donors (Lipinski definition) is 3. The van der Waals surface area contributed by atoms with Gasteiger partial charge in [-0.15, -0.1) is 0 Å². The predicted molar refractivity (Wildman–Crippen MR) is 59.3 cm³/mol. The summed E-state index contributed by atoms with van der Waals surface area (Å²) in [7, 11) is 0. The van der Waals surface area contributed by atoms with Crippen molar-refractivity contribution >= 4 is 0 Å². The number of aliphatic hydroxyl groups excluding tert-OH is 1. The third kappa shape index (κ3) is 1.84. The maximum Gasteiger partial charge on any atom is 0.231 e. The van der Waals surface area contributed by atoms with E-state index < -0.39 is 12.1 Å². The molecule has 0 bridgehead atoms. The second-order valence-electron chi connectivity index (χ2n) is 3.93. The van der Waals surface area contributed by atoms with Crippen LogP contribution in [-0.4, -0.2) is 24.5 Å². The van der Waals surface area contributed by atoms with Crippen molar-refractivity contribution in [2.45, 2.75) is 19.0 Å². The summed E-state index contributed by atoms with van der Waals surface area (Å²) in [5, 5.41) is 8.99. The molecule has 5 nitrogen and oxygen atoms in total. The Morgan fingerprint density at radius 2 is 1.94 bits per heavy atom. The van der Waals surface area contributed by atoms with E-state index in [0.29, 0.717) is 5.75 Å². The van der Waals surface area contributed by atoms with Gasteiger partial charge >= 0.3 is 0 Å². The summed E-state index contributed by atoms with van der Waals surface area (Å²) in [6.07, 6.45) is 0. The molecule has 1 aliphatic heterocycles. The van der Waals surface area contributed by atoms with Crippen LogP contribution in [0.25, 0.3) is 0 Å². The van der Waals surface area contributed by atoms with Crippen LogP contribution >= 0.6 is 0 Å². The average Bonchev–Trinajstić information content (AvgIpc) is 2.72. The van der Waals surface area contributed by atoms with Crippen LogP contribution in [-0.2, 0) is 0 Å². The Morgan fingerprint density at radius 3 is 2.56 bits per heavy atom. The highest BCUT2D eigenvalue weighted by atomic mass is 16.7. The molecule has 2 atom stereocenters. The Labute approximate surface area is 94.0 Å². The molecule has 5 N–H and O–H groups in total. The maximum absolute atomic E-state index is 8.99. The van der Waals surface area contributed by atoms with Crippen molar-refractivity contribution in [1.82, 2.24) is 0 Å². The van der Waals surface area contributed by atoms with Crippen LogP contribution in [0.4, 0.5) is 0 Å². The van der Waals surface area contributed by atoms with E-state index in [0.717, 1.165) is 16.9 Å². The molecule has 0 saturated heterocycles. The summed E-state index contributed by atoms with van der Waals surface area (Å²) >= 11 is 0. The number of nitrogens with two attached hydrogens (primary N) is 2. The molecule has 0 amide bonds. The molecule has 0 saturated carbocycles. The molecule has 1 aliphatic rings. The lowest BCUT2D eigenvalue weighted by atomic mass is 9.96. The fraction of sp³-hybridized carbons (Fsp3) is 0.455. The molecule has 0 radical (unpaired) electrons. The fourth-order valence-corrected chi connectivity index (χ4v) is 1.76.